The van der Waals surface area contributed by atoms with E-state index in [9.17, 15) is 35.1 Å². The molecule has 1 saturated heterocycles. The fraction of sp³-hybridized carbons (Fsp3) is 0.737. The highest BCUT2D eigenvalue weighted by atomic mass is 16.7. The van der Waals surface area contributed by atoms with Crippen molar-refractivity contribution in [1.82, 2.24) is 5.32 Å². The number of carbonyl (C=O) groups is 2. The van der Waals surface area contributed by atoms with E-state index in [1.54, 1.807) is 6.08 Å². The first-order valence-corrected chi connectivity index (χ1v) is 35.7. The van der Waals surface area contributed by atoms with Crippen LogP contribution in [-0.4, -0.2) is 99.6 Å². The van der Waals surface area contributed by atoms with Crippen LogP contribution in [0.25, 0.3) is 0 Å². The Labute approximate surface area is 532 Å². The summed E-state index contributed by atoms with van der Waals surface area (Å²) >= 11 is 0. The number of carbonyl (C=O) groups excluding carboxylic acids is 2. The van der Waals surface area contributed by atoms with Gasteiger partial charge in [-0.3, -0.25) is 9.59 Å². The number of hydrogen-bond acceptors (Lipinski definition) is 10. The van der Waals surface area contributed by atoms with E-state index in [-0.39, 0.29) is 19.4 Å². The van der Waals surface area contributed by atoms with Crippen LogP contribution in [0.4, 0.5) is 0 Å². The van der Waals surface area contributed by atoms with E-state index in [1.807, 2.05) is 6.08 Å². The quantitative estimate of drug-likeness (QED) is 0.0195. The second kappa shape index (κ2) is 62.5. The van der Waals surface area contributed by atoms with Crippen molar-refractivity contribution in [3.8, 4) is 0 Å². The molecular formula is C76H131NO10. The molecule has 0 saturated carbocycles. The predicted octanol–water partition coefficient (Wildman–Crippen LogP) is 18.4. The molecule has 11 heteroatoms. The van der Waals surface area contributed by atoms with Crippen molar-refractivity contribution in [3.05, 3.63) is 109 Å². The van der Waals surface area contributed by atoms with Gasteiger partial charge >= 0.3 is 5.97 Å². The average Bonchev–Trinajstić information content (AvgIpc) is 1.30. The average molecular weight is 1220 g/mol. The number of aliphatic hydroxyl groups excluding tert-OH is 5. The van der Waals surface area contributed by atoms with Crippen LogP contribution in [0.3, 0.4) is 0 Å². The highest BCUT2D eigenvalue weighted by Crippen LogP contribution is 2.26. The standard InChI is InChI=1S/C76H131NO10/c1-4-7-10-13-16-19-22-24-26-28-30-32-34-36-37-39-41-43-45-48-51-54-57-60-63-69(80)75(84)77-67(68(79)62-59-56-53-50-47-21-18-15-12-9-6-3)66-85-76-74(73(83)72(82)70(65-78)86-76)87-71(81)64-61-58-55-52-49-46-44-42-40-38-35-33-31-29-27-25-23-20-17-14-11-8-5-2/h7,10,16-17,19-20,24-27,30-33,36-37,59,62,67-70,72-74,76,78-80,82-83H,4-6,8-9,11-15,18,21-23,28-29,34-35,38-58,60-61,63-66H2,1-3H3,(H,77,84)/b10-7-,19-16-,20-17-,26-24-,27-25-,32-30-,33-31-,37-36-,62-59+. The second-order valence-corrected chi connectivity index (χ2v) is 24.2. The number of hydrogen-bond donors (Lipinski definition) is 6. The van der Waals surface area contributed by atoms with Gasteiger partial charge < -0.3 is 45.1 Å². The van der Waals surface area contributed by atoms with Crippen LogP contribution in [0.2, 0.25) is 0 Å². The van der Waals surface area contributed by atoms with E-state index in [1.165, 1.54) is 128 Å². The molecule has 1 fully saturated rings. The van der Waals surface area contributed by atoms with Crippen LogP contribution in [0, 0.1) is 0 Å². The first kappa shape index (κ1) is 81.3. The minimum Gasteiger partial charge on any atom is -0.454 e. The largest absolute Gasteiger partial charge is 0.454 e. The third-order valence-corrected chi connectivity index (χ3v) is 16.2. The number of esters is 1. The summed E-state index contributed by atoms with van der Waals surface area (Å²) in [7, 11) is 0. The maximum absolute atomic E-state index is 13.5. The van der Waals surface area contributed by atoms with Crippen LogP contribution >= 0.6 is 0 Å². The molecule has 6 N–H and O–H groups in total. The number of amides is 1. The smallest absolute Gasteiger partial charge is 0.306 e. The van der Waals surface area contributed by atoms with Crippen molar-refractivity contribution >= 4 is 11.9 Å². The van der Waals surface area contributed by atoms with Crippen molar-refractivity contribution in [2.24, 2.45) is 0 Å². The third kappa shape index (κ3) is 49.7. The first-order chi connectivity index (χ1) is 42.7. The minimum atomic E-state index is -1.62. The third-order valence-electron chi connectivity index (χ3n) is 16.2. The molecule has 0 aromatic heterocycles. The summed E-state index contributed by atoms with van der Waals surface area (Å²) in [6.45, 7) is 5.66. The molecule has 500 valence electrons. The molecule has 1 aliphatic rings. The molecule has 0 radical (unpaired) electrons. The van der Waals surface area contributed by atoms with Gasteiger partial charge in [-0.15, -0.1) is 0 Å². The topological polar surface area (TPSA) is 175 Å². The second-order valence-electron chi connectivity index (χ2n) is 24.2. The molecule has 1 heterocycles. The fourth-order valence-corrected chi connectivity index (χ4v) is 10.6. The molecule has 1 rings (SSSR count). The summed E-state index contributed by atoms with van der Waals surface area (Å²) in [5.74, 6) is -1.21. The zero-order valence-electron chi connectivity index (χ0n) is 55.6. The van der Waals surface area contributed by atoms with Crippen molar-refractivity contribution in [3.63, 3.8) is 0 Å². The van der Waals surface area contributed by atoms with Crippen molar-refractivity contribution in [2.75, 3.05) is 13.2 Å². The molecule has 11 nitrogen and oxygen atoms in total. The predicted molar refractivity (Wildman–Crippen MR) is 365 cm³/mol. The Morgan fingerprint density at radius 1 is 0.460 bits per heavy atom. The highest BCUT2D eigenvalue weighted by Gasteiger charge is 2.47. The van der Waals surface area contributed by atoms with Gasteiger partial charge in [0.25, 0.3) is 0 Å². The van der Waals surface area contributed by atoms with Crippen LogP contribution in [-0.2, 0) is 23.8 Å². The first-order valence-electron chi connectivity index (χ1n) is 35.7. The van der Waals surface area contributed by atoms with E-state index in [4.69, 9.17) is 14.2 Å². The Kier molecular flexibility index (Phi) is 58.4. The number of ether oxygens (including phenoxy) is 3. The van der Waals surface area contributed by atoms with Crippen LogP contribution in [0.5, 0.6) is 0 Å². The lowest BCUT2D eigenvalue weighted by Crippen LogP contribution is -2.61. The molecule has 1 amide bonds. The van der Waals surface area contributed by atoms with Crippen LogP contribution < -0.4 is 5.32 Å². The van der Waals surface area contributed by atoms with Gasteiger partial charge in [-0.2, -0.15) is 0 Å². The summed E-state index contributed by atoms with van der Waals surface area (Å²) in [6, 6.07) is -1.04. The van der Waals surface area contributed by atoms with Gasteiger partial charge in [0.2, 0.25) is 5.91 Å². The highest BCUT2D eigenvalue weighted by molar-refractivity contribution is 5.80. The van der Waals surface area contributed by atoms with Gasteiger partial charge in [-0.1, -0.05) is 291 Å². The monoisotopic (exact) mass is 1220 g/mol. The Bertz CT molecular complexity index is 1830. The van der Waals surface area contributed by atoms with E-state index in [2.05, 4.69) is 123 Å². The molecule has 87 heavy (non-hydrogen) atoms. The summed E-state index contributed by atoms with van der Waals surface area (Å²) in [5, 5.41) is 57.2. The lowest BCUT2D eigenvalue weighted by molar-refractivity contribution is -0.305. The zero-order valence-corrected chi connectivity index (χ0v) is 55.6. The molecule has 8 unspecified atom stereocenters. The minimum absolute atomic E-state index is 0.114. The summed E-state index contributed by atoms with van der Waals surface area (Å²) in [5.41, 5.74) is 0. The number of allylic oxidation sites excluding steroid dienone is 17. The summed E-state index contributed by atoms with van der Waals surface area (Å²) in [6.07, 6.45) is 75.5. The van der Waals surface area contributed by atoms with Crippen LogP contribution in [0.15, 0.2) is 109 Å². The molecule has 0 aliphatic carbocycles. The van der Waals surface area contributed by atoms with E-state index < -0.39 is 67.4 Å². The Morgan fingerprint density at radius 3 is 1.26 bits per heavy atom. The summed E-state index contributed by atoms with van der Waals surface area (Å²) < 4.78 is 17.7. The van der Waals surface area contributed by atoms with E-state index in [0.29, 0.717) is 12.8 Å². The van der Waals surface area contributed by atoms with E-state index in [0.717, 1.165) is 122 Å². The molecule has 0 aromatic rings. The number of nitrogens with one attached hydrogen (secondary N) is 1. The van der Waals surface area contributed by atoms with Crippen molar-refractivity contribution in [1.29, 1.82) is 0 Å². The normalized spacial score (nSPS) is 18.9. The van der Waals surface area contributed by atoms with Gasteiger partial charge in [-0.05, 0) is 109 Å². The SMILES string of the molecule is CC/C=C\C/C=C\C/C=C\C/C=C\C/C=C\CCCCCCCCCCC(O)C(=O)NC(COC1OC(CO)C(O)C(O)C1OC(=O)CCCCCCCCCCCC/C=C\C/C=C\C/C=C\CCCCC)C(O)/C=C/CCCCCCCCCCC. The molecule has 1 aliphatic heterocycles. The van der Waals surface area contributed by atoms with Crippen molar-refractivity contribution < 1.29 is 49.3 Å². The molecule has 0 bridgehead atoms. The van der Waals surface area contributed by atoms with Gasteiger partial charge in [0.1, 0.15) is 24.4 Å². The number of aliphatic hydroxyl groups is 5. The number of unbranched alkanes of at least 4 members (excludes halogenated alkanes) is 30. The Hall–Kier alpha value is -3.68. The molecular weight excluding hydrogens is 1090 g/mol. The summed E-state index contributed by atoms with van der Waals surface area (Å²) in [4.78, 5) is 26.7. The van der Waals surface area contributed by atoms with Gasteiger partial charge in [-0.25, -0.2) is 0 Å². The van der Waals surface area contributed by atoms with E-state index >= 15 is 0 Å². The zero-order chi connectivity index (χ0) is 63.1. The van der Waals surface area contributed by atoms with Crippen molar-refractivity contribution in [2.45, 2.75) is 346 Å². The molecule has 0 spiro atoms. The number of rotatable bonds is 60. The Morgan fingerprint density at radius 2 is 0.828 bits per heavy atom. The lowest BCUT2D eigenvalue weighted by atomic mass is 9.99. The lowest BCUT2D eigenvalue weighted by Gasteiger charge is -2.41. The van der Waals surface area contributed by atoms with Gasteiger partial charge in [0, 0.05) is 6.42 Å². The molecule has 0 aromatic carbocycles. The maximum Gasteiger partial charge on any atom is 0.306 e. The van der Waals surface area contributed by atoms with Gasteiger partial charge in [0.15, 0.2) is 12.4 Å². The van der Waals surface area contributed by atoms with Gasteiger partial charge in [0.05, 0.1) is 25.4 Å². The molecule has 8 atom stereocenters. The fourth-order valence-electron chi connectivity index (χ4n) is 10.6. The maximum atomic E-state index is 13.5. The van der Waals surface area contributed by atoms with Crippen LogP contribution in [0.1, 0.15) is 297 Å². The Balaban J connectivity index is 2.57.